The summed E-state index contributed by atoms with van der Waals surface area (Å²) in [5.74, 6) is -1.66. The van der Waals surface area contributed by atoms with Crippen LogP contribution in [0.3, 0.4) is 0 Å². The molecule has 3 amide bonds. The van der Waals surface area contributed by atoms with E-state index in [1.54, 1.807) is 0 Å². The lowest BCUT2D eigenvalue weighted by atomic mass is 9.87. The molecule has 8 heteroatoms. The molecule has 1 saturated heterocycles. The largest absolute Gasteiger partial charge is 0.494 e. The van der Waals surface area contributed by atoms with Crippen molar-refractivity contribution in [1.82, 2.24) is 15.5 Å². The molecular formula is C30H38FN3O4. The zero-order chi connectivity index (χ0) is 27.8. The fraction of sp³-hybridized carbons (Fsp3) is 0.500. The number of hydrogen-bond donors (Lipinski definition) is 2. The minimum absolute atomic E-state index is 0.0341. The quantitative estimate of drug-likeness (QED) is 0.576. The number of carbonyl (C=O) groups excluding carboxylic acids is 3. The van der Waals surface area contributed by atoms with Crippen LogP contribution in [0, 0.1) is 17.7 Å². The first-order chi connectivity index (χ1) is 17.9. The van der Waals surface area contributed by atoms with Crippen molar-refractivity contribution in [1.29, 1.82) is 0 Å². The first-order valence-electron chi connectivity index (χ1n) is 13.2. The topological polar surface area (TPSA) is 87.7 Å². The van der Waals surface area contributed by atoms with Gasteiger partial charge in [0.05, 0.1) is 7.11 Å². The van der Waals surface area contributed by atoms with Crippen LogP contribution < -0.4 is 15.4 Å². The SMILES string of the molecule is COc1cc([C@H](C(=O)NC(C)(C)C)N2C(=O)C(C3Cc4ccccc4C3)NC(=O)[C@H]2CC(C)C)ccc1F. The molecule has 38 heavy (non-hydrogen) atoms. The van der Waals surface area contributed by atoms with Crippen molar-refractivity contribution < 1.29 is 23.5 Å². The number of hydrogen-bond acceptors (Lipinski definition) is 4. The van der Waals surface area contributed by atoms with Crippen LogP contribution in [-0.2, 0) is 27.2 Å². The van der Waals surface area contributed by atoms with Gasteiger partial charge in [-0.1, -0.05) is 44.2 Å². The third-order valence-corrected chi connectivity index (χ3v) is 7.22. The van der Waals surface area contributed by atoms with Crippen LogP contribution in [0.2, 0.25) is 0 Å². The molecule has 0 saturated carbocycles. The number of carbonyl (C=O) groups is 3. The monoisotopic (exact) mass is 523 g/mol. The van der Waals surface area contributed by atoms with E-state index in [4.69, 9.17) is 4.74 Å². The molecule has 3 atom stereocenters. The van der Waals surface area contributed by atoms with E-state index in [1.165, 1.54) is 41.3 Å². The maximum atomic E-state index is 14.4. The number of ether oxygens (including phenoxy) is 1. The Morgan fingerprint density at radius 2 is 1.76 bits per heavy atom. The Balaban J connectivity index is 1.80. The lowest BCUT2D eigenvalue weighted by Gasteiger charge is -2.45. The van der Waals surface area contributed by atoms with Gasteiger partial charge in [-0.25, -0.2) is 4.39 Å². The molecule has 0 bridgehead atoms. The average molecular weight is 524 g/mol. The fourth-order valence-electron chi connectivity index (χ4n) is 5.60. The molecule has 1 unspecified atom stereocenters. The van der Waals surface area contributed by atoms with Gasteiger partial charge in [0, 0.05) is 5.54 Å². The summed E-state index contributed by atoms with van der Waals surface area (Å²) >= 11 is 0. The summed E-state index contributed by atoms with van der Waals surface area (Å²) in [4.78, 5) is 43.3. The predicted octanol–water partition coefficient (Wildman–Crippen LogP) is 3.95. The summed E-state index contributed by atoms with van der Waals surface area (Å²) < 4.78 is 19.6. The van der Waals surface area contributed by atoms with Gasteiger partial charge in [-0.3, -0.25) is 14.4 Å². The molecule has 4 rings (SSSR count). The molecule has 2 N–H and O–H groups in total. The van der Waals surface area contributed by atoms with Crippen molar-refractivity contribution in [2.45, 2.75) is 77.5 Å². The number of fused-ring (bicyclic) bond motifs is 1. The third-order valence-electron chi connectivity index (χ3n) is 7.22. The number of nitrogens with zero attached hydrogens (tertiary/aromatic N) is 1. The molecule has 204 valence electrons. The van der Waals surface area contributed by atoms with Crippen molar-refractivity contribution in [3.63, 3.8) is 0 Å². The number of rotatable bonds is 7. The van der Waals surface area contributed by atoms with E-state index in [0.29, 0.717) is 24.8 Å². The van der Waals surface area contributed by atoms with Crippen molar-refractivity contribution >= 4 is 17.7 Å². The summed E-state index contributed by atoms with van der Waals surface area (Å²) in [5.41, 5.74) is 2.12. The first kappa shape index (κ1) is 27.6. The number of piperazine rings is 1. The molecular weight excluding hydrogens is 485 g/mol. The second-order valence-corrected chi connectivity index (χ2v) is 11.8. The van der Waals surface area contributed by atoms with Gasteiger partial charge in [0.25, 0.3) is 0 Å². The average Bonchev–Trinajstić information content (AvgIpc) is 3.26. The zero-order valence-electron chi connectivity index (χ0n) is 23.0. The van der Waals surface area contributed by atoms with E-state index in [0.717, 1.165) is 0 Å². The molecule has 2 aliphatic rings. The Bertz CT molecular complexity index is 1200. The van der Waals surface area contributed by atoms with Gasteiger partial charge >= 0.3 is 0 Å². The van der Waals surface area contributed by atoms with E-state index in [1.807, 2.05) is 58.9 Å². The number of halogens is 1. The molecule has 0 radical (unpaired) electrons. The minimum atomic E-state index is -1.14. The maximum Gasteiger partial charge on any atom is 0.247 e. The number of nitrogens with one attached hydrogen (secondary N) is 2. The molecule has 1 fully saturated rings. The second kappa shape index (κ2) is 10.8. The molecule has 2 aromatic carbocycles. The Hall–Kier alpha value is -3.42. The van der Waals surface area contributed by atoms with Gasteiger partial charge in [0.15, 0.2) is 11.6 Å². The Labute approximate surface area is 224 Å². The van der Waals surface area contributed by atoms with E-state index in [9.17, 15) is 18.8 Å². The highest BCUT2D eigenvalue weighted by Gasteiger charge is 2.49. The van der Waals surface area contributed by atoms with E-state index in [-0.39, 0.29) is 29.4 Å². The lowest BCUT2D eigenvalue weighted by Crippen LogP contribution is -2.67. The highest BCUT2D eigenvalue weighted by Crippen LogP contribution is 2.36. The number of benzene rings is 2. The fourth-order valence-corrected chi connectivity index (χ4v) is 5.60. The van der Waals surface area contributed by atoms with Crippen LogP contribution in [0.1, 0.15) is 63.8 Å². The first-order valence-corrected chi connectivity index (χ1v) is 13.2. The van der Waals surface area contributed by atoms with E-state index in [2.05, 4.69) is 10.6 Å². The van der Waals surface area contributed by atoms with E-state index >= 15 is 0 Å². The summed E-state index contributed by atoms with van der Waals surface area (Å²) in [6.45, 7) is 9.49. The molecule has 0 spiro atoms. The predicted molar refractivity (Wildman–Crippen MR) is 143 cm³/mol. The Morgan fingerprint density at radius 1 is 1.13 bits per heavy atom. The molecule has 1 aliphatic carbocycles. The lowest BCUT2D eigenvalue weighted by molar-refractivity contribution is -0.158. The van der Waals surface area contributed by atoms with Gasteiger partial charge in [-0.05, 0) is 80.7 Å². The summed E-state index contributed by atoms with van der Waals surface area (Å²) in [5, 5.41) is 5.98. The minimum Gasteiger partial charge on any atom is -0.494 e. The summed E-state index contributed by atoms with van der Waals surface area (Å²) in [7, 11) is 1.35. The number of amides is 3. The second-order valence-electron chi connectivity index (χ2n) is 11.8. The van der Waals surface area contributed by atoms with Crippen LogP contribution in [0.25, 0.3) is 0 Å². The molecule has 7 nitrogen and oxygen atoms in total. The van der Waals surface area contributed by atoms with Gasteiger partial charge in [0.2, 0.25) is 17.7 Å². The van der Waals surface area contributed by atoms with Crippen LogP contribution in [-0.4, -0.2) is 47.4 Å². The number of methoxy groups -OCH3 is 1. The van der Waals surface area contributed by atoms with Crippen LogP contribution >= 0.6 is 0 Å². The van der Waals surface area contributed by atoms with Gasteiger partial charge in [-0.2, -0.15) is 0 Å². The van der Waals surface area contributed by atoms with Gasteiger partial charge in [-0.15, -0.1) is 0 Å². The van der Waals surface area contributed by atoms with Crippen molar-refractivity contribution in [2.24, 2.45) is 11.8 Å². The standard InChI is InChI=1S/C30H38FN3O4/c1-17(2)13-23-27(35)32-25(21-14-18-9-7-8-10-19(18)15-21)29(37)34(23)26(28(36)33-30(3,4)5)20-11-12-22(31)24(16-20)38-6/h7-12,16-17,21,23,25-26H,13-15H2,1-6H3,(H,32,35)(H,33,36)/t23-,25?,26-/m1/s1. The summed E-state index contributed by atoms with van der Waals surface area (Å²) in [6, 6.07) is 9.43. The highest BCUT2D eigenvalue weighted by atomic mass is 19.1. The smallest absolute Gasteiger partial charge is 0.247 e. The molecule has 0 aromatic heterocycles. The van der Waals surface area contributed by atoms with E-state index < -0.39 is 35.4 Å². The van der Waals surface area contributed by atoms with Crippen molar-refractivity contribution in [2.75, 3.05) is 7.11 Å². The Kier molecular flexibility index (Phi) is 7.81. The third kappa shape index (κ3) is 5.69. The molecule has 1 aliphatic heterocycles. The van der Waals surface area contributed by atoms with Crippen LogP contribution in [0.5, 0.6) is 5.75 Å². The maximum absolute atomic E-state index is 14.4. The molecule has 1 heterocycles. The normalized spacial score (nSPS) is 20.8. The van der Waals surface area contributed by atoms with Crippen molar-refractivity contribution in [3.8, 4) is 5.75 Å². The summed E-state index contributed by atoms with van der Waals surface area (Å²) in [6.07, 6.45) is 1.71. The Morgan fingerprint density at radius 3 is 2.32 bits per heavy atom. The highest BCUT2D eigenvalue weighted by molar-refractivity contribution is 6.00. The van der Waals surface area contributed by atoms with Gasteiger partial charge < -0.3 is 20.3 Å². The van der Waals surface area contributed by atoms with Gasteiger partial charge in [0.1, 0.15) is 18.1 Å². The zero-order valence-corrected chi connectivity index (χ0v) is 23.0. The van der Waals surface area contributed by atoms with Crippen LogP contribution in [0.4, 0.5) is 4.39 Å². The van der Waals surface area contributed by atoms with Crippen molar-refractivity contribution in [3.05, 3.63) is 65.0 Å². The van der Waals surface area contributed by atoms with Crippen LogP contribution in [0.15, 0.2) is 42.5 Å². The molecule has 2 aromatic rings.